The molecule has 0 heterocycles. The largest absolute Gasteiger partial charge is 0.503 e. The van der Waals surface area contributed by atoms with E-state index in [9.17, 15) is 9.59 Å². The lowest BCUT2D eigenvalue weighted by Crippen LogP contribution is -2.23. The summed E-state index contributed by atoms with van der Waals surface area (Å²) in [6, 6.07) is 0. The average molecular weight is 175 g/mol. The molecule has 0 bridgehead atoms. The molecule has 0 aromatic carbocycles. The minimum absolute atomic E-state index is 0.00537. The molecule has 0 fully saturated rings. The van der Waals surface area contributed by atoms with Crippen LogP contribution in [0.5, 0.6) is 0 Å². The molecule has 6 nitrogen and oxygen atoms in total. The van der Waals surface area contributed by atoms with E-state index in [1.54, 1.807) is 0 Å². The van der Waals surface area contributed by atoms with Crippen LogP contribution in [0.4, 0.5) is 0 Å². The fourth-order valence-corrected chi connectivity index (χ4v) is 0.610. The Morgan fingerprint density at radius 3 is 2.08 bits per heavy atom. The number of aliphatic hydroxyl groups is 1. The highest BCUT2D eigenvalue weighted by atomic mass is 16.5. The van der Waals surface area contributed by atoms with Gasteiger partial charge in [0, 0.05) is 0 Å². The fraction of sp³-hybridized carbons (Fsp3) is 0.333. The summed E-state index contributed by atoms with van der Waals surface area (Å²) in [5.74, 6) is -3.60. The Morgan fingerprint density at radius 2 is 1.83 bits per heavy atom. The highest BCUT2D eigenvalue weighted by molar-refractivity contribution is 5.99. The molecule has 1 amide bonds. The molecule has 0 aliphatic heterocycles. The second-order valence-electron chi connectivity index (χ2n) is 1.93. The maximum absolute atomic E-state index is 10.5. The summed E-state index contributed by atoms with van der Waals surface area (Å²) in [5, 5.41) is 25.3. The highest BCUT2D eigenvalue weighted by Gasteiger charge is 2.17. The first kappa shape index (κ1) is 10.4. The van der Waals surface area contributed by atoms with E-state index < -0.39 is 23.2 Å². The van der Waals surface area contributed by atoms with Crippen molar-refractivity contribution < 1.29 is 25.0 Å². The van der Waals surface area contributed by atoms with Gasteiger partial charge in [-0.15, -0.1) is 0 Å². The number of carbonyl (C=O) groups excluding carboxylic acids is 1. The number of hydrogen-bond acceptors (Lipinski definition) is 4. The van der Waals surface area contributed by atoms with Crippen molar-refractivity contribution in [3.8, 4) is 0 Å². The monoisotopic (exact) mass is 175 g/mol. The predicted molar refractivity (Wildman–Crippen MR) is 37.5 cm³/mol. The molecule has 0 atom stereocenters. The van der Waals surface area contributed by atoms with Crippen LogP contribution in [0.1, 0.15) is 13.3 Å². The third kappa shape index (κ3) is 2.24. The van der Waals surface area contributed by atoms with Gasteiger partial charge in [-0.1, -0.05) is 6.92 Å². The van der Waals surface area contributed by atoms with Crippen LogP contribution in [0.3, 0.4) is 0 Å². The van der Waals surface area contributed by atoms with Gasteiger partial charge in [-0.2, -0.15) is 0 Å². The van der Waals surface area contributed by atoms with Gasteiger partial charge < -0.3 is 10.2 Å². The van der Waals surface area contributed by atoms with Gasteiger partial charge in [-0.3, -0.25) is 10.0 Å². The second-order valence-corrected chi connectivity index (χ2v) is 1.93. The topological polar surface area (TPSA) is 107 Å². The van der Waals surface area contributed by atoms with Crippen molar-refractivity contribution in [1.82, 2.24) is 5.48 Å². The number of nitrogens with one attached hydrogen (secondary N) is 1. The Hall–Kier alpha value is -1.56. The normalized spacial score (nSPS) is 11.8. The Kier molecular flexibility index (Phi) is 3.78. The Labute approximate surface area is 68.1 Å². The SMILES string of the molecule is CC/C(C(=O)O)=C(\O)C(=O)NO. The zero-order chi connectivity index (χ0) is 9.72. The number of aliphatic carboxylic acids is 1. The molecule has 0 saturated carbocycles. The molecule has 0 radical (unpaired) electrons. The van der Waals surface area contributed by atoms with E-state index in [1.165, 1.54) is 6.92 Å². The van der Waals surface area contributed by atoms with Crippen LogP contribution in [0.15, 0.2) is 11.3 Å². The van der Waals surface area contributed by atoms with Gasteiger partial charge in [-0.25, -0.2) is 10.3 Å². The predicted octanol–water partition coefficient (Wildman–Crippen LogP) is -0.201. The maximum atomic E-state index is 10.5. The van der Waals surface area contributed by atoms with Gasteiger partial charge in [0.15, 0.2) is 5.76 Å². The molecule has 12 heavy (non-hydrogen) atoms. The van der Waals surface area contributed by atoms with Crippen molar-refractivity contribution in [2.45, 2.75) is 13.3 Å². The molecule has 6 heteroatoms. The van der Waals surface area contributed by atoms with E-state index in [-0.39, 0.29) is 6.42 Å². The summed E-state index contributed by atoms with van der Waals surface area (Å²) in [7, 11) is 0. The molecule has 0 aliphatic carbocycles. The van der Waals surface area contributed by atoms with E-state index in [0.717, 1.165) is 5.48 Å². The Bertz CT molecular complexity index is 232. The summed E-state index contributed by atoms with van der Waals surface area (Å²) < 4.78 is 0. The number of carbonyl (C=O) groups is 2. The molecule has 0 rings (SSSR count). The number of hydroxylamine groups is 1. The van der Waals surface area contributed by atoms with Gasteiger partial charge in [-0.05, 0) is 6.42 Å². The summed E-state index contributed by atoms with van der Waals surface area (Å²) in [6.45, 7) is 1.46. The minimum Gasteiger partial charge on any atom is -0.503 e. The van der Waals surface area contributed by atoms with Gasteiger partial charge in [0.05, 0.1) is 5.57 Å². The number of rotatable bonds is 3. The lowest BCUT2D eigenvalue weighted by Gasteiger charge is -2.01. The number of amides is 1. The van der Waals surface area contributed by atoms with Crippen molar-refractivity contribution in [3.05, 3.63) is 11.3 Å². The van der Waals surface area contributed by atoms with Crippen molar-refractivity contribution in [2.24, 2.45) is 0 Å². The quantitative estimate of drug-likeness (QED) is 0.205. The van der Waals surface area contributed by atoms with Gasteiger partial charge in [0.25, 0.3) is 0 Å². The summed E-state index contributed by atoms with van der Waals surface area (Å²) in [5.41, 5.74) is 0.681. The zero-order valence-electron chi connectivity index (χ0n) is 6.37. The first-order chi connectivity index (χ1) is 5.54. The standard InChI is InChI=1S/C6H9NO5/c1-2-3(6(10)11)4(8)5(9)7-12/h8,12H,2H2,1H3,(H,7,9)(H,10,11)/b4-3+. The van der Waals surface area contributed by atoms with Gasteiger partial charge >= 0.3 is 11.9 Å². The van der Waals surface area contributed by atoms with E-state index in [2.05, 4.69) is 0 Å². The third-order valence-corrected chi connectivity index (χ3v) is 1.21. The lowest BCUT2D eigenvalue weighted by molar-refractivity contribution is -0.134. The molecular weight excluding hydrogens is 166 g/mol. The van der Waals surface area contributed by atoms with Crippen LogP contribution >= 0.6 is 0 Å². The Morgan fingerprint density at radius 1 is 1.33 bits per heavy atom. The molecule has 68 valence electrons. The second kappa shape index (κ2) is 4.35. The van der Waals surface area contributed by atoms with Crippen LogP contribution in [-0.4, -0.2) is 27.3 Å². The van der Waals surface area contributed by atoms with Crippen LogP contribution in [0.25, 0.3) is 0 Å². The van der Waals surface area contributed by atoms with Crippen LogP contribution < -0.4 is 5.48 Å². The molecular formula is C6H9NO5. The molecule has 0 aromatic heterocycles. The van der Waals surface area contributed by atoms with Gasteiger partial charge in [0.1, 0.15) is 0 Å². The molecule has 0 spiro atoms. The summed E-state index contributed by atoms with van der Waals surface area (Å²) in [4.78, 5) is 20.8. The zero-order valence-corrected chi connectivity index (χ0v) is 6.37. The molecule has 0 aliphatic rings. The highest BCUT2D eigenvalue weighted by Crippen LogP contribution is 2.06. The van der Waals surface area contributed by atoms with Crippen LogP contribution in [0.2, 0.25) is 0 Å². The third-order valence-electron chi connectivity index (χ3n) is 1.21. The van der Waals surface area contributed by atoms with E-state index in [1.807, 2.05) is 0 Å². The lowest BCUT2D eigenvalue weighted by atomic mass is 10.1. The van der Waals surface area contributed by atoms with Crippen molar-refractivity contribution in [1.29, 1.82) is 0 Å². The number of carboxylic acids is 1. The summed E-state index contributed by atoms with van der Waals surface area (Å²) >= 11 is 0. The summed E-state index contributed by atoms with van der Waals surface area (Å²) in [6.07, 6.45) is -0.00537. The van der Waals surface area contributed by atoms with Crippen molar-refractivity contribution in [2.75, 3.05) is 0 Å². The van der Waals surface area contributed by atoms with Crippen molar-refractivity contribution >= 4 is 11.9 Å². The van der Waals surface area contributed by atoms with Crippen molar-refractivity contribution in [3.63, 3.8) is 0 Å². The van der Waals surface area contributed by atoms with Crippen LogP contribution in [0, 0.1) is 0 Å². The fourth-order valence-electron chi connectivity index (χ4n) is 0.610. The number of hydrogen-bond donors (Lipinski definition) is 4. The van der Waals surface area contributed by atoms with Crippen LogP contribution in [-0.2, 0) is 9.59 Å². The average Bonchev–Trinajstić information content (AvgIpc) is 2.03. The molecule has 0 aromatic rings. The minimum atomic E-state index is -1.39. The van der Waals surface area contributed by atoms with E-state index in [4.69, 9.17) is 15.4 Å². The first-order valence-electron chi connectivity index (χ1n) is 3.14. The first-order valence-corrected chi connectivity index (χ1v) is 3.14. The van der Waals surface area contributed by atoms with Gasteiger partial charge in [0.2, 0.25) is 0 Å². The number of carboxylic acid groups (broad SMARTS) is 1. The molecule has 0 saturated heterocycles. The number of aliphatic hydroxyl groups excluding tert-OH is 1. The molecule has 4 N–H and O–H groups in total. The molecule has 0 unspecified atom stereocenters. The maximum Gasteiger partial charge on any atom is 0.335 e. The van der Waals surface area contributed by atoms with E-state index in [0.29, 0.717) is 0 Å². The Balaban J connectivity index is 4.84. The smallest absolute Gasteiger partial charge is 0.335 e. The van der Waals surface area contributed by atoms with E-state index >= 15 is 0 Å².